The van der Waals surface area contributed by atoms with Gasteiger partial charge in [-0.2, -0.15) is 17.5 Å². The van der Waals surface area contributed by atoms with Gasteiger partial charge in [0.05, 0.1) is 12.7 Å². The van der Waals surface area contributed by atoms with Gasteiger partial charge < -0.3 is 9.84 Å². The molecule has 1 unspecified atom stereocenters. The third-order valence-corrected chi connectivity index (χ3v) is 9.72. The number of hydrogen-bond acceptors (Lipinski definition) is 6. The molecule has 236 valence electrons. The molecule has 0 spiro atoms. The highest BCUT2D eigenvalue weighted by atomic mass is 32.2. The van der Waals surface area contributed by atoms with Crippen LogP contribution in [0.25, 0.3) is 21.9 Å². The van der Waals surface area contributed by atoms with Gasteiger partial charge in [0.25, 0.3) is 15.6 Å². The normalized spacial score (nSPS) is 16.3. The minimum Gasteiger partial charge on any atom is -0.481 e. The molecule has 1 aromatic heterocycles. The van der Waals surface area contributed by atoms with Crippen molar-refractivity contribution in [1.82, 2.24) is 8.87 Å². The highest BCUT2D eigenvalue weighted by Gasteiger charge is 2.44. The van der Waals surface area contributed by atoms with Crippen LogP contribution >= 0.6 is 0 Å². The van der Waals surface area contributed by atoms with Crippen molar-refractivity contribution in [2.75, 3.05) is 20.2 Å². The number of methoxy groups -OCH3 is 1. The Labute approximate surface area is 256 Å². The number of pyridine rings is 1. The molecule has 45 heavy (non-hydrogen) atoms. The fourth-order valence-electron chi connectivity index (χ4n) is 5.73. The molecule has 1 aliphatic heterocycles. The van der Waals surface area contributed by atoms with Crippen molar-refractivity contribution in [1.29, 1.82) is 0 Å². The number of carbonyl (C=O) groups excluding carboxylic acids is 1. The smallest absolute Gasteiger partial charge is 0.416 e. The van der Waals surface area contributed by atoms with Crippen LogP contribution in [-0.2, 0) is 36.9 Å². The van der Waals surface area contributed by atoms with Crippen LogP contribution in [0.4, 0.5) is 13.2 Å². The number of sulfonamides is 1. The second kappa shape index (κ2) is 12.5. The van der Waals surface area contributed by atoms with E-state index in [-0.39, 0.29) is 48.9 Å². The lowest BCUT2D eigenvalue weighted by Crippen LogP contribution is -2.50. The first-order chi connectivity index (χ1) is 21.3. The third kappa shape index (κ3) is 6.36. The van der Waals surface area contributed by atoms with Gasteiger partial charge in [0.15, 0.2) is 5.03 Å². The van der Waals surface area contributed by atoms with E-state index in [1.54, 1.807) is 12.1 Å². The highest BCUT2D eigenvalue weighted by Crippen LogP contribution is 2.40. The molecular weight excluding hydrogens is 613 g/mol. The van der Waals surface area contributed by atoms with Gasteiger partial charge in [-0.1, -0.05) is 54.6 Å². The number of carboxylic acids is 1. The SMILES string of the molecule is COC(=O)C1CN(CCCCC(=O)O)S(=O)(=O)c2c(-c3cccc(C(F)(F)F)c3)c(Cc3cccc4ccccc34)cc(=O)n21. The van der Waals surface area contributed by atoms with Gasteiger partial charge in [0.2, 0.25) is 0 Å². The van der Waals surface area contributed by atoms with E-state index in [1.807, 2.05) is 30.3 Å². The van der Waals surface area contributed by atoms with Crippen LogP contribution in [0.5, 0.6) is 0 Å². The molecule has 3 aromatic carbocycles. The number of halogens is 3. The number of carbonyl (C=O) groups is 2. The fraction of sp³-hybridized carbons (Fsp3) is 0.281. The lowest BCUT2D eigenvalue weighted by atomic mass is 9.93. The molecule has 0 bridgehead atoms. The number of carboxylic acid groups (broad SMARTS) is 1. The van der Waals surface area contributed by atoms with Gasteiger partial charge in [0, 0.05) is 31.1 Å². The van der Waals surface area contributed by atoms with Crippen LogP contribution in [0, 0.1) is 0 Å². The van der Waals surface area contributed by atoms with Gasteiger partial charge in [-0.25, -0.2) is 13.2 Å². The van der Waals surface area contributed by atoms with E-state index < -0.39 is 56.9 Å². The number of nitrogens with zero attached hydrogens (tertiary/aromatic N) is 2. The zero-order chi connectivity index (χ0) is 32.5. The topological polar surface area (TPSA) is 123 Å². The second-order valence-electron chi connectivity index (χ2n) is 10.7. The quantitative estimate of drug-likeness (QED) is 0.195. The Bertz CT molecular complexity index is 1950. The molecule has 1 N–H and O–H groups in total. The average Bonchev–Trinajstić information content (AvgIpc) is 2.99. The Kier molecular flexibility index (Phi) is 8.86. The molecule has 0 amide bonds. The number of unbranched alkanes of at least 4 members (excludes halogenated alkanes) is 1. The zero-order valence-electron chi connectivity index (χ0n) is 24.1. The molecule has 1 aliphatic rings. The Hall–Kier alpha value is -4.49. The maximum absolute atomic E-state index is 14.3. The number of esters is 1. The number of hydrogen-bond donors (Lipinski definition) is 1. The molecule has 13 heteroatoms. The van der Waals surface area contributed by atoms with Crippen molar-refractivity contribution in [3.63, 3.8) is 0 Å². The zero-order valence-corrected chi connectivity index (χ0v) is 24.9. The summed E-state index contributed by atoms with van der Waals surface area (Å²) in [5.74, 6) is -1.98. The highest BCUT2D eigenvalue weighted by molar-refractivity contribution is 7.89. The van der Waals surface area contributed by atoms with Crippen molar-refractivity contribution < 1.29 is 41.0 Å². The number of rotatable bonds is 9. The number of benzene rings is 3. The van der Waals surface area contributed by atoms with Crippen molar-refractivity contribution in [2.45, 2.75) is 42.9 Å². The molecular formula is C32H29F3N2O7S. The van der Waals surface area contributed by atoms with E-state index in [4.69, 9.17) is 9.84 Å². The van der Waals surface area contributed by atoms with Crippen molar-refractivity contribution >= 4 is 32.7 Å². The first-order valence-corrected chi connectivity index (χ1v) is 15.5. The van der Waals surface area contributed by atoms with Crippen LogP contribution in [-0.4, -0.2) is 54.5 Å². The molecule has 0 saturated carbocycles. The maximum Gasteiger partial charge on any atom is 0.416 e. The lowest BCUT2D eigenvalue weighted by Gasteiger charge is -2.35. The Balaban J connectivity index is 1.79. The van der Waals surface area contributed by atoms with Crippen LogP contribution < -0.4 is 5.56 Å². The summed E-state index contributed by atoms with van der Waals surface area (Å²) in [7, 11) is -3.53. The summed E-state index contributed by atoms with van der Waals surface area (Å²) < 4.78 is 76.9. The van der Waals surface area contributed by atoms with Gasteiger partial charge in [0.1, 0.15) is 6.04 Å². The standard InChI is InChI=1S/C32H29F3N2O7S/c1-44-31(41)26-19-36(15-5-4-14-28(39)40)45(42,43)30-29(22-11-7-12-24(17-22)32(33,34)35)23(18-27(38)37(26)30)16-21-10-6-9-20-8-2-3-13-25(20)21/h2-3,6-13,17-18,26H,4-5,14-16,19H2,1H3,(H,39,40). The minimum absolute atomic E-state index is 0.00691. The summed E-state index contributed by atoms with van der Waals surface area (Å²) in [6.45, 7) is -0.660. The van der Waals surface area contributed by atoms with Gasteiger partial charge in [-0.3, -0.25) is 14.2 Å². The summed E-state index contributed by atoms with van der Waals surface area (Å²) in [6, 6.07) is 16.7. The first kappa shape index (κ1) is 31.9. The predicted molar refractivity (Wildman–Crippen MR) is 159 cm³/mol. The van der Waals surface area contributed by atoms with Crippen molar-refractivity contribution in [3.05, 3.63) is 99.8 Å². The molecule has 2 heterocycles. The Morgan fingerprint density at radius 1 is 0.978 bits per heavy atom. The molecule has 0 radical (unpaired) electrons. The monoisotopic (exact) mass is 642 g/mol. The second-order valence-corrected chi connectivity index (χ2v) is 12.6. The molecule has 1 atom stereocenters. The summed E-state index contributed by atoms with van der Waals surface area (Å²) in [4.78, 5) is 37.7. The van der Waals surface area contributed by atoms with Crippen molar-refractivity contribution in [2.24, 2.45) is 0 Å². The minimum atomic E-state index is -4.75. The number of fused-ring (bicyclic) bond motifs is 2. The molecule has 0 aliphatic carbocycles. The summed E-state index contributed by atoms with van der Waals surface area (Å²) in [5.41, 5.74) is -1.25. The predicted octanol–water partition coefficient (Wildman–Crippen LogP) is 5.25. The number of ether oxygens (including phenoxy) is 1. The largest absolute Gasteiger partial charge is 0.481 e. The van der Waals surface area contributed by atoms with E-state index in [2.05, 4.69) is 0 Å². The summed E-state index contributed by atoms with van der Waals surface area (Å²) in [6.07, 6.45) is -4.71. The average molecular weight is 643 g/mol. The molecule has 4 aromatic rings. The lowest BCUT2D eigenvalue weighted by molar-refractivity contribution is -0.145. The summed E-state index contributed by atoms with van der Waals surface area (Å²) in [5, 5.41) is 10.1. The van der Waals surface area contributed by atoms with Crippen LogP contribution in [0.15, 0.2) is 82.6 Å². The number of aromatic nitrogens is 1. The Morgan fingerprint density at radius 3 is 2.40 bits per heavy atom. The fourth-order valence-corrected chi connectivity index (χ4v) is 7.66. The summed E-state index contributed by atoms with van der Waals surface area (Å²) >= 11 is 0. The van der Waals surface area contributed by atoms with Crippen LogP contribution in [0.1, 0.15) is 42.0 Å². The molecule has 5 rings (SSSR count). The van der Waals surface area contributed by atoms with Gasteiger partial charge in [-0.05, 0) is 58.9 Å². The van der Waals surface area contributed by atoms with E-state index in [0.29, 0.717) is 5.56 Å². The van der Waals surface area contributed by atoms with Gasteiger partial charge in [-0.15, -0.1) is 0 Å². The van der Waals surface area contributed by atoms with Gasteiger partial charge >= 0.3 is 18.1 Å². The molecule has 0 saturated heterocycles. The Morgan fingerprint density at radius 2 is 1.69 bits per heavy atom. The van der Waals surface area contributed by atoms with E-state index in [0.717, 1.165) is 51.0 Å². The van der Waals surface area contributed by atoms with E-state index >= 15 is 0 Å². The molecule has 0 fully saturated rings. The number of alkyl halides is 3. The maximum atomic E-state index is 14.3. The van der Waals surface area contributed by atoms with E-state index in [9.17, 15) is 36.0 Å². The third-order valence-electron chi connectivity index (χ3n) is 7.82. The van der Waals surface area contributed by atoms with Crippen molar-refractivity contribution in [3.8, 4) is 11.1 Å². The number of aliphatic carboxylic acids is 1. The van der Waals surface area contributed by atoms with E-state index in [1.165, 1.54) is 6.07 Å². The van der Waals surface area contributed by atoms with Crippen LogP contribution in [0.3, 0.4) is 0 Å². The van der Waals surface area contributed by atoms with Crippen LogP contribution in [0.2, 0.25) is 0 Å². The first-order valence-electron chi connectivity index (χ1n) is 14.1. The molecule has 9 nitrogen and oxygen atoms in total.